The largest absolute Gasteiger partial charge is 0.508 e. The van der Waals surface area contributed by atoms with Crippen LogP contribution in [0.4, 0.5) is 5.69 Å². The number of aliphatic imine (C=N–C) groups is 1. The number of thioether (sulfide) groups is 1. The monoisotopic (exact) mass is 344 g/mol. The third-order valence-corrected chi connectivity index (χ3v) is 4.73. The lowest BCUT2D eigenvalue weighted by Gasteiger charge is -2.17. The minimum atomic E-state index is -0.282. The molecule has 116 valence electrons. The number of carbonyl (C=O) groups is 1. The molecule has 6 heteroatoms. The SMILES string of the molecule is CN(C1=NC(=O)C(=Cc2ccccc2Cl)S1)c1ccc(O)cc1. The molecule has 0 radical (unpaired) electrons. The van der Waals surface area contributed by atoms with Crippen LogP contribution in [0.15, 0.2) is 58.4 Å². The molecule has 4 nitrogen and oxygen atoms in total. The first-order valence-electron chi connectivity index (χ1n) is 6.84. The van der Waals surface area contributed by atoms with Gasteiger partial charge in [-0.1, -0.05) is 29.8 Å². The molecule has 0 atom stereocenters. The predicted molar refractivity (Wildman–Crippen MR) is 96.0 cm³/mol. The van der Waals surface area contributed by atoms with Crippen LogP contribution in [-0.4, -0.2) is 23.2 Å². The first-order chi connectivity index (χ1) is 11.0. The van der Waals surface area contributed by atoms with Gasteiger partial charge in [-0.3, -0.25) is 4.79 Å². The smallest absolute Gasteiger partial charge is 0.286 e. The number of phenols is 1. The highest BCUT2D eigenvalue weighted by molar-refractivity contribution is 8.18. The fourth-order valence-electron chi connectivity index (χ4n) is 2.06. The van der Waals surface area contributed by atoms with Gasteiger partial charge < -0.3 is 10.0 Å². The van der Waals surface area contributed by atoms with E-state index in [0.717, 1.165) is 11.3 Å². The van der Waals surface area contributed by atoms with E-state index in [0.29, 0.717) is 15.1 Å². The molecule has 1 amide bonds. The summed E-state index contributed by atoms with van der Waals surface area (Å²) in [6.07, 6.45) is 1.75. The number of benzene rings is 2. The van der Waals surface area contributed by atoms with E-state index >= 15 is 0 Å². The number of nitrogens with zero attached hydrogens (tertiary/aromatic N) is 2. The number of anilines is 1. The second-order valence-electron chi connectivity index (χ2n) is 4.91. The molecule has 1 heterocycles. The second-order valence-corrected chi connectivity index (χ2v) is 6.32. The fourth-order valence-corrected chi connectivity index (χ4v) is 3.14. The first-order valence-corrected chi connectivity index (χ1v) is 8.04. The van der Waals surface area contributed by atoms with E-state index in [-0.39, 0.29) is 11.7 Å². The average molecular weight is 345 g/mol. The number of aromatic hydroxyl groups is 1. The zero-order valence-corrected chi connectivity index (χ0v) is 13.8. The molecule has 0 unspecified atom stereocenters. The van der Waals surface area contributed by atoms with Crippen LogP contribution >= 0.6 is 23.4 Å². The molecule has 23 heavy (non-hydrogen) atoms. The number of phenolic OH excluding ortho intramolecular Hbond substituents is 1. The molecular weight excluding hydrogens is 332 g/mol. The maximum absolute atomic E-state index is 12.1. The Balaban J connectivity index is 1.82. The molecule has 2 aromatic rings. The molecule has 1 N–H and O–H groups in total. The van der Waals surface area contributed by atoms with E-state index in [2.05, 4.69) is 4.99 Å². The number of hydrogen-bond donors (Lipinski definition) is 1. The van der Waals surface area contributed by atoms with Crippen molar-refractivity contribution < 1.29 is 9.90 Å². The van der Waals surface area contributed by atoms with Crippen molar-refractivity contribution >= 4 is 46.2 Å². The predicted octanol–water partition coefficient (Wildman–Crippen LogP) is 4.15. The maximum Gasteiger partial charge on any atom is 0.286 e. The van der Waals surface area contributed by atoms with Gasteiger partial charge in [0.15, 0.2) is 5.17 Å². The van der Waals surface area contributed by atoms with Crippen molar-refractivity contribution in [1.82, 2.24) is 0 Å². The van der Waals surface area contributed by atoms with Crippen LogP contribution in [-0.2, 0) is 4.79 Å². The normalized spacial score (nSPS) is 15.8. The van der Waals surface area contributed by atoms with Crippen molar-refractivity contribution in [1.29, 1.82) is 0 Å². The van der Waals surface area contributed by atoms with Gasteiger partial charge in [0.05, 0.1) is 4.91 Å². The Labute approximate surface area is 143 Å². The molecule has 0 saturated heterocycles. The minimum absolute atomic E-state index is 0.193. The minimum Gasteiger partial charge on any atom is -0.508 e. The zero-order chi connectivity index (χ0) is 16.4. The summed E-state index contributed by atoms with van der Waals surface area (Å²) in [7, 11) is 1.82. The summed E-state index contributed by atoms with van der Waals surface area (Å²) in [5.74, 6) is -0.0888. The van der Waals surface area contributed by atoms with Crippen LogP contribution in [0.1, 0.15) is 5.56 Å². The number of amidine groups is 1. The highest BCUT2D eigenvalue weighted by Crippen LogP contribution is 2.33. The Kier molecular flexibility index (Phi) is 4.41. The van der Waals surface area contributed by atoms with Crippen LogP contribution in [0, 0.1) is 0 Å². The van der Waals surface area contributed by atoms with Crippen molar-refractivity contribution in [3.8, 4) is 5.75 Å². The summed E-state index contributed by atoms with van der Waals surface area (Å²) >= 11 is 7.42. The fraction of sp³-hybridized carbons (Fsp3) is 0.0588. The molecule has 1 aliphatic rings. The van der Waals surface area contributed by atoms with Crippen LogP contribution < -0.4 is 4.90 Å². The van der Waals surface area contributed by atoms with Gasteiger partial charge in [0, 0.05) is 17.8 Å². The topological polar surface area (TPSA) is 52.9 Å². The summed E-state index contributed by atoms with van der Waals surface area (Å²) in [6, 6.07) is 14.0. The van der Waals surface area contributed by atoms with Gasteiger partial charge in [-0.05, 0) is 53.7 Å². The van der Waals surface area contributed by atoms with Gasteiger partial charge in [0.2, 0.25) is 0 Å². The van der Waals surface area contributed by atoms with Crippen LogP contribution in [0.25, 0.3) is 6.08 Å². The Morgan fingerprint density at radius 2 is 1.87 bits per heavy atom. The van der Waals surface area contributed by atoms with Gasteiger partial charge in [-0.25, -0.2) is 0 Å². The van der Waals surface area contributed by atoms with Crippen molar-refractivity contribution in [3.05, 3.63) is 64.0 Å². The van der Waals surface area contributed by atoms with Gasteiger partial charge in [0.25, 0.3) is 5.91 Å². The van der Waals surface area contributed by atoms with E-state index < -0.39 is 0 Å². The summed E-state index contributed by atoms with van der Waals surface area (Å²) in [5.41, 5.74) is 1.62. The average Bonchev–Trinajstić information content (AvgIpc) is 2.91. The van der Waals surface area contributed by atoms with Crippen molar-refractivity contribution in [2.24, 2.45) is 4.99 Å². The quantitative estimate of drug-likeness (QED) is 0.831. The molecule has 0 fully saturated rings. The Bertz CT molecular complexity index is 816. The van der Waals surface area contributed by atoms with Gasteiger partial charge >= 0.3 is 0 Å². The number of amides is 1. The van der Waals surface area contributed by atoms with E-state index in [4.69, 9.17) is 11.6 Å². The summed E-state index contributed by atoms with van der Waals surface area (Å²) in [5, 5.41) is 10.5. The summed E-state index contributed by atoms with van der Waals surface area (Å²) in [6.45, 7) is 0. The van der Waals surface area contributed by atoms with Crippen LogP contribution in [0.3, 0.4) is 0 Å². The van der Waals surface area contributed by atoms with Gasteiger partial charge in [0.1, 0.15) is 5.75 Å². The van der Waals surface area contributed by atoms with Crippen LogP contribution in [0.2, 0.25) is 5.02 Å². The highest BCUT2D eigenvalue weighted by Gasteiger charge is 2.25. The third kappa shape index (κ3) is 3.41. The Morgan fingerprint density at radius 3 is 2.57 bits per heavy atom. The van der Waals surface area contributed by atoms with Gasteiger partial charge in [-0.15, -0.1) is 0 Å². The van der Waals surface area contributed by atoms with E-state index in [9.17, 15) is 9.90 Å². The standard InChI is InChI=1S/C17H13ClN2O2S/c1-20(12-6-8-13(21)9-7-12)17-19-16(22)15(23-17)10-11-4-2-3-5-14(11)18/h2-10,21H,1H3. The first kappa shape index (κ1) is 15.6. The van der Waals surface area contributed by atoms with Crippen molar-refractivity contribution in [3.63, 3.8) is 0 Å². The van der Waals surface area contributed by atoms with E-state index in [1.807, 2.05) is 25.2 Å². The number of carbonyl (C=O) groups excluding carboxylic acids is 1. The Morgan fingerprint density at radius 1 is 1.17 bits per heavy atom. The summed E-state index contributed by atoms with van der Waals surface area (Å²) in [4.78, 5) is 18.5. The molecular formula is C17H13ClN2O2S. The molecule has 0 saturated carbocycles. The molecule has 3 rings (SSSR count). The lowest BCUT2D eigenvalue weighted by molar-refractivity contribution is -0.113. The number of rotatable bonds is 2. The number of hydrogen-bond acceptors (Lipinski definition) is 4. The van der Waals surface area contributed by atoms with Crippen LogP contribution in [0.5, 0.6) is 5.75 Å². The molecule has 0 aliphatic carbocycles. The molecule has 2 aromatic carbocycles. The van der Waals surface area contributed by atoms with E-state index in [1.54, 1.807) is 41.3 Å². The van der Waals surface area contributed by atoms with Crippen molar-refractivity contribution in [2.45, 2.75) is 0 Å². The zero-order valence-electron chi connectivity index (χ0n) is 12.2. The van der Waals surface area contributed by atoms with Gasteiger partial charge in [-0.2, -0.15) is 4.99 Å². The van der Waals surface area contributed by atoms with E-state index in [1.165, 1.54) is 11.8 Å². The van der Waals surface area contributed by atoms with Crippen molar-refractivity contribution in [2.75, 3.05) is 11.9 Å². The summed E-state index contributed by atoms with van der Waals surface area (Å²) < 4.78 is 0. The number of halogens is 1. The molecule has 1 aliphatic heterocycles. The molecule has 0 aromatic heterocycles. The second kappa shape index (κ2) is 6.48. The molecule has 0 bridgehead atoms. The Hall–Kier alpha value is -2.24. The highest BCUT2D eigenvalue weighted by atomic mass is 35.5. The lowest BCUT2D eigenvalue weighted by atomic mass is 10.2. The lowest BCUT2D eigenvalue weighted by Crippen LogP contribution is -2.21. The third-order valence-electron chi connectivity index (χ3n) is 3.32. The molecule has 0 spiro atoms. The maximum atomic E-state index is 12.1.